The van der Waals surface area contributed by atoms with Crippen molar-refractivity contribution in [2.75, 3.05) is 38.3 Å². The molecule has 8 nitrogen and oxygen atoms in total. The van der Waals surface area contributed by atoms with Gasteiger partial charge in [-0.05, 0) is 68.7 Å². The summed E-state index contributed by atoms with van der Waals surface area (Å²) in [6.07, 6.45) is 3.03. The highest BCUT2D eigenvalue weighted by Gasteiger charge is 2.20. The van der Waals surface area contributed by atoms with Crippen LogP contribution in [0, 0.1) is 24.1 Å². The first-order valence-electron chi connectivity index (χ1n) is 11.7. The number of ether oxygens (including phenoxy) is 1. The average Bonchev–Trinajstić information content (AvgIpc) is 3.28. The van der Waals surface area contributed by atoms with Gasteiger partial charge in [0, 0.05) is 30.9 Å². The van der Waals surface area contributed by atoms with Gasteiger partial charge in [0.15, 0.2) is 0 Å². The van der Waals surface area contributed by atoms with E-state index in [2.05, 4.69) is 32.6 Å². The predicted molar refractivity (Wildman–Crippen MR) is 130 cm³/mol. The maximum absolute atomic E-state index is 14.2. The van der Waals surface area contributed by atoms with Gasteiger partial charge in [-0.1, -0.05) is 11.7 Å². The van der Waals surface area contributed by atoms with Crippen molar-refractivity contribution in [3.63, 3.8) is 0 Å². The Morgan fingerprint density at radius 3 is 2.51 bits per heavy atom. The van der Waals surface area contributed by atoms with Crippen LogP contribution in [0.15, 0.2) is 48.5 Å². The number of piperidine rings is 1. The summed E-state index contributed by atoms with van der Waals surface area (Å²) in [6, 6.07) is 16.7. The van der Waals surface area contributed by atoms with E-state index in [0.717, 1.165) is 55.1 Å². The van der Waals surface area contributed by atoms with E-state index < -0.39 is 5.82 Å². The Labute approximate surface area is 204 Å². The van der Waals surface area contributed by atoms with Crippen molar-refractivity contribution in [1.82, 2.24) is 15.4 Å². The molecular formula is C26H30FN5O3. The average molecular weight is 480 g/mol. The van der Waals surface area contributed by atoms with E-state index in [1.807, 2.05) is 35.9 Å². The van der Waals surface area contributed by atoms with Crippen molar-refractivity contribution in [1.29, 1.82) is 5.26 Å². The van der Waals surface area contributed by atoms with E-state index in [4.69, 9.17) is 14.8 Å². The summed E-state index contributed by atoms with van der Waals surface area (Å²) in [5, 5.41) is 13.6. The third-order valence-electron chi connectivity index (χ3n) is 6.00. The van der Waals surface area contributed by atoms with Crippen LogP contribution < -0.4 is 10.5 Å². The summed E-state index contributed by atoms with van der Waals surface area (Å²) in [6.45, 7) is 4.98. The van der Waals surface area contributed by atoms with Gasteiger partial charge in [0.25, 0.3) is 0 Å². The van der Waals surface area contributed by atoms with Gasteiger partial charge in [0.1, 0.15) is 11.9 Å². The molecule has 9 heteroatoms. The number of aromatic nitrogens is 2. The summed E-state index contributed by atoms with van der Waals surface area (Å²) < 4.78 is 22.0. The fraction of sp³-hybridized carbons (Fsp3) is 0.385. The van der Waals surface area contributed by atoms with Gasteiger partial charge < -0.3 is 9.64 Å². The minimum absolute atomic E-state index is 0.0310. The number of nitriles is 1. The molecule has 0 aliphatic carbocycles. The molecule has 184 valence electrons. The van der Waals surface area contributed by atoms with Gasteiger partial charge >= 0.3 is 0 Å². The summed E-state index contributed by atoms with van der Waals surface area (Å²) in [5.41, 5.74) is 6.71. The second kappa shape index (κ2) is 11.9. The zero-order valence-electron chi connectivity index (χ0n) is 20.0. The fourth-order valence-electron chi connectivity index (χ4n) is 4.23. The first-order chi connectivity index (χ1) is 17.1. The first-order valence-corrected chi connectivity index (χ1v) is 11.7. The van der Waals surface area contributed by atoms with E-state index in [-0.39, 0.29) is 11.7 Å². The van der Waals surface area contributed by atoms with Crippen LogP contribution in [-0.4, -0.2) is 49.3 Å². The normalized spacial score (nSPS) is 14.3. The molecule has 1 aliphatic heterocycles. The third-order valence-corrected chi connectivity index (χ3v) is 6.00. The summed E-state index contributed by atoms with van der Waals surface area (Å²) in [5.74, 6) is -0.533. The highest BCUT2D eigenvalue weighted by Crippen LogP contribution is 2.28. The molecule has 1 saturated heterocycles. The predicted octanol–water partition coefficient (Wildman–Crippen LogP) is 4.32. The van der Waals surface area contributed by atoms with Gasteiger partial charge in [0.05, 0.1) is 42.5 Å². The third kappa shape index (κ3) is 6.24. The molecule has 3 aromatic rings. The Hall–Kier alpha value is -3.29. The molecule has 4 rings (SSSR count). The quantitative estimate of drug-likeness (QED) is 0.342. The van der Waals surface area contributed by atoms with Crippen molar-refractivity contribution >= 4 is 5.69 Å². The lowest BCUT2D eigenvalue weighted by atomic mass is 10.1. The van der Waals surface area contributed by atoms with Gasteiger partial charge in [-0.25, -0.2) is 9.07 Å². The Kier molecular flexibility index (Phi) is 8.45. The minimum atomic E-state index is -0.533. The molecule has 35 heavy (non-hydrogen) atoms. The molecule has 0 bridgehead atoms. The first kappa shape index (κ1) is 24.8. The molecule has 0 unspecified atom stereocenters. The molecule has 1 N–H and O–H groups in total. The Balaban J connectivity index is 1.37. The molecule has 1 aliphatic rings. The summed E-state index contributed by atoms with van der Waals surface area (Å²) >= 11 is 0. The molecule has 0 saturated carbocycles. The maximum Gasteiger partial charge on any atom is 0.141 e. The van der Waals surface area contributed by atoms with Crippen LogP contribution in [0.1, 0.15) is 30.5 Å². The van der Waals surface area contributed by atoms with Crippen LogP contribution in [0.2, 0.25) is 0 Å². The number of nitrogens with one attached hydrogen (secondary N) is 1. The van der Waals surface area contributed by atoms with Crippen molar-refractivity contribution in [2.45, 2.75) is 32.3 Å². The van der Waals surface area contributed by atoms with Gasteiger partial charge in [-0.15, -0.1) is 0 Å². The maximum atomic E-state index is 14.2. The molecule has 0 spiro atoms. The lowest BCUT2D eigenvalue weighted by Gasteiger charge is -2.33. The van der Waals surface area contributed by atoms with E-state index in [1.54, 1.807) is 6.07 Å². The van der Waals surface area contributed by atoms with Crippen LogP contribution in [0.25, 0.3) is 16.9 Å². The number of aryl methyl sites for hydroxylation is 1. The van der Waals surface area contributed by atoms with Crippen LogP contribution in [0.5, 0.6) is 0 Å². The number of hydrogen-bond acceptors (Lipinski definition) is 7. The topological polar surface area (TPSA) is 84.6 Å². The minimum Gasteiger partial charge on any atom is -0.378 e. The molecule has 0 amide bonds. The molecule has 0 radical (unpaired) electrons. The van der Waals surface area contributed by atoms with Crippen LogP contribution in [0.4, 0.5) is 10.1 Å². The van der Waals surface area contributed by atoms with Crippen molar-refractivity contribution in [2.24, 2.45) is 0 Å². The Morgan fingerprint density at radius 1 is 1.09 bits per heavy atom. The van der Waals surface area contributed by atoms with Crippen molar-refractivity contribution in [3.8, 4) is 23.0 Å². The number of rotatable bonds is 10. The second-order valence-corrected chi connectivity index (χ2v) is 8.45. The van der Waals surface area contributed by atoms with Gasteiger partial charge in [-0.3, -0.25) is 9.68 Å². The van der Waals surface area contributed by atoms with Crippen LogP contribution in [-0.2, 0) is 14.4 Å². The molecule has 2 aromatic carbocycles. The number of hydrogen-bond donors (Lipinski definition) is 1. The fourth-order valence-corrected chi connectivity index (χ4v) is 4.23. The van der Waals surface area contributed by atoms with Gasteiger partial charge in [0.2, 0.25) is 0 Å². The summed E-state index contributed by atoms with van der Waals surface area (Å²) in [4.78, 5) is 12.0. The number of anilines is 1. The van der Waals surface area contributed by atoms with Crippen molar-refractivity contribution < 1.29 is 18.8 Å². The van der Waals surface area contributed by atoms with Crippen LogP contribution >= 0.6 is 0 Å². The van der Waals surface area contributed by atoms with Crippen LogP contribution in [0.3, 0.4) is 0 Å². The largest absolute Gasteiger partial charge is 0.378 e. The van der Waals surface area contributed by atoms with E-state index in [0.29, 0.717) is 18.8 Å². The smallest absolute Gasteiger partial charge is 0.141 e. The van der Waals surface area contributed by atoms with E-state index >= 15 is 0 Å². The lowest BCUT2D eigenvalue weighted by Crippen LogP contribution is -2.37. The Bertz CT molecular complexity index is 1150. The standard InChI is InChI=1S/C26H30FN5O3/c1-19-16-26(20-4-5-21(18-28)25(27)17-20)32(29-19)23-8-6-22(7-9-23)31-12-10-24(11-13-31)34-14-3-15-35-30-33-2/h4-9,16-17,24,30H,3,10-15H2,1-2H3. The zero-order chi connectivity index (χ0) is 24.6. The molecule has 2 heterocycles. The highest BCUT2D eigenvalue weighted by molar-refractivity contribution is 5.64. The van der Waals surface area contributed by atoms with E-state index in [9.17, 15) is 4.39 Å². The SMILES string of the molecule is CONOCCCOC1CCN(c2ccc(-n3nc(C)cc3-c3ccc(C#N)c(F)c3)cc2)CC1. The second-order valence-electron chi connectivity index (χ2n) is 8.45. The number of benzene rings is 2. The highest BCUT2D eigenvalue weighted by atomic mass is 19.1. The number of nitrogens with zero attached hydrogens (tertiary/aromatic N) is 4. The molecule has 0 atom stereocenters. The van der Waals surface area contributed by atoms with Gasteiger partial charge in [-0.2, -0.15) is 10.4 Å². The molecule has 1 aromatic heterocycles. The molecular weight excluding hydrogens is 449 g/mol. The molecule has 1 fully saturated rings. The Morgan fingerprint density at radius 2 is 1.83 bits per heavy atom. The summed E-state index contributed by atoms with van der Waals surface area (Å²) in [7, 11) is 1.51. The van der Waals surface area contributed by atoms with E-state index in [1.165, 1.54) is 19.2 Å². The van der Waals surface area contributed by atoms with Crippen molar-refractivity contribution in [3.05, 3.63) is 65.6 Å². The lowest BCUT2D eigenvalue weighted by molar-refractivity contribution is -0.154. The number of halogens is 1. The zero-order valence-corrected chi connectivity index (χ0v) is 20.0. The monoisotopic (exact) mass is 479 g/mol.